The van der Waals surface area contributed by atoms with Crippen LogP contribution in [0.2, 0.25) is 0 Å². The maximum absolute atomic E-state index is 5.94. The van der Waals surface area contributed by atoms with Gasteiger partial charge in [0.2, 0.25) is 0 Å². The van der Waals surface area contributed by atoms with Crippen molar-refractivity contribution in [1.82, 2.24) is 14.8 Å². The molecule has 0 atom stereocenters. The fraction of sp³-hybridized carbons (Fsp3) is 0.200. The Balaban J connectivity index is 2.25. The van der Waals surface area contributed by atoms with Crippen molar-refractivity contribution in [3.63, 3.8) is 0 Å². The molecule has 3 rings (SSSR count). The molecule has 0 aliphatic rings. The van der Waals surface area contributed by atoms with E-state index in [1.807, 2.05) is 36.9 Å². The second-order valence-corrected chi connectivity index (χ2v) is 5.80. The minimum atomic E-state index is 0.585. The number of nitrogen functional groups attached to an aromatic ring is 1. The Bertz CT molecular complexity index is 756. The van der Waals surface area contributed by atoms with E-state index < -0.39 is 0 Å². The Kier molecular flexibility index (Phi) is 3.06. The summed E-state index contributed by atoms with van der Waals surface area (Å²) in [6.07, 6.45) is 0. The van der Waals surface area contributed by atoms with Crippen molar-refractivity contribution in [1.29, 1.82) is 0 Å². The van der Waals surface area contributed by atoms with Gasteiger partial charge in [0.1, 0.15) is 0 Å². The molecule has 2 N–H and O–H groups in total. The molecule has 1 aromatic carbocycles. The molecular weight excluding hydrogens is 268 g/mol. The van der Waals surface area contributed by atoms with Crippen molar-refractivity contribution in [2.24, 2.45) is 7.05 Å². The van der Waals surface area contributed by atoms with E-state index in [0.717, 1.165) is 33.1 Å². The lowest BCUT2D eigenvalue weighted by Gasteiger charge is -2.03. The van der Waals surface area contributed by atoms with E-state index in [2.05, 4.69) is 29.1 Å². The summed E-state index contributed by atoms with van der Waals surface area (Å²) in [5.41, 5.74) is 11.2. The fourth-order valence-electron chi connectivity index (χ4n) is 2.41. The van der Waals surface area contributed by atoms with Crippen LogP contribution >= 0.6 is 11.3 Å². The number of aromatic nitrogens is 3. The summed E-state index contributed by atoms with van der Waals surface area (Å²) < 4.78 is 1.88. The van der Waals surface area contributed by atoms with E-state index in [1.54, 1.807) is 0 Å². The third-order valence-corrected chi connectivity index (χ3v) is 4.36. The first kappa shape index (κ1) is 12.9. The summed E-state index contributed by atoms with van der Waals surface area (Å²) in [5.74, 6) is 0. The van der Waals surface area contributed by atoms with Gasteiger partial charge in [-0.15, -0.1) is 0 Å². The SMILES string of the molecule is Cc1nn(C)c(C)c1-c1nc(N)sc1-c1ccccc1. The highest BCUT2D eigenvalue weighted by Crippen LogP contribution is 2.40. The Labute approximate surface area is 121 Å². The average Bonchev–Trinajstić information content (AvgIpc) is 2.92. The zero-order valence-corrected chi connectivity index (χ0v) is 12.5. The highest BCUT2D eigenvalue weighted by atomic mass is 32.1. The molecule has 4 nitrogen and oxygen atoms in total. The van der Waals surface area contributed by atoms with Gasteiger partial charge in [-0.05, 0) is 19.4 Å². The largest absolute Gasteiger partial charge is 0.375 e. The summed E-state index contributed by atoms with van der Waals surface area (Å²) in [4.78, 5) is 5.63. The highest BCUT2D eigenvalue weighted by molar-refractivity contribution is 7.19. The van der Waals surface area contributed by atoms with Crippen LogP contribution in [0.25, 0.3) is 21.7 Å². The molecule has 0 unspecified atom stereocenters. The normalized spacial score (nSPS) is 10.9. The van der Waals surface area contributed by atoms with E-state index in [0.29, 0.717) is 5.13 Å². The summed E-state index contributed by atoms with van der Waals surface area (Å²) in [6, 6.07) is 10.2. The van der Waals surface area contributed by atoms with Crippen molar-refractivity contribution in [3.8, 4) is 21.7 Å². The van der Waals surface area contributed by atoms with E-state index in [1.165, 1.54) is 11.3 Å². The quantitative estimate of drug-likeness (QED) is 0.784. The van der Waals surface area contributed by atoms with Gasteiger partial charge in [-0.25, -0.2) is 4.98 Å². The maximum atomic E-state index is 5.94. The molecule has 0 saturated carbocycles. The maximum Gasteiger partial charge on any atom is 0.181 e. The van der Waals surface area contributed by atoms with Crippen molar-refractivity contribution in [2.45, 2.75) is 13.8 Å². The molecule has 0 fully saturated rings. The average molecular weight is 284 g/mol. The van der Waals surface area contributed by atoms with Gasteiger partial charge in [-0.2, -0.15) is 5.10 Å². The number of nitrogens with zero attached hydrogens (tertiary/aromatic N) is 3. The van der Waals surface area contributed by atoms with Gasteiger partial charge in [0.25, 0.3) is 0 Å². The Morgan fingerprint density at radius 1 is 1.15 bits per heavy atom. The van der Waals surface area contributed by atoms with Crippen LogP contribution in [0.5, 0.6) is 0 Å². The number of rotatable bonds is 2. The molecule has 3 aromatic rings. The summed E-state index contributed by atoms with van der Waals surface area (Å²) in [6.45, 7) is 4.06. The number of nitrogens with two attached hydrogens (primary N) is 1. The zero-order valence-electron chi connectivity index (χ0n) is 11.7. The Morgan fingerprint density at radius 3 is 2.45 bits per heavy atom. The number of anilines is 1. The second kappa shape index (κ2) is 4.76. The molecule has 2 aromatic heterocycles. The standard InChI is InChI=1S/C15H16N4S/c1-9-12(10(2)19(3)18-9)13-14(20-15(16)17-13)11-7-5-4-6-8-11/h4-8H,1-3H3,(H2,16,17). The van der Waals surface area contributed by atoms with Crippen molar-refractivity contribution < 1.29 is 0 Å². The number of benzene rings is 1. The minimum Gasteiger partial charge on any atom is -0.375 e. The molecule has 102 valence electrons. The molecule has 0 bridgehead atoms. The van der Waals surface area contributed by atoms with Crippen LogP contribution in [0.15, 0.2) is 30.3 Å². The highest BCUT2D eigenvalue weighted by Gasteiger charge is 2.20. The van der Waals surface area contributed by atoms with Crippen LogP contribution < -0.4 is 5.73 Å². The lowest BCUT2D eigenvalue weighted by Crippen LogP contribution is -1.93. The predicted molar refractivity (Wildman–Crippen MR) is 83.6 cm³/mol. The third-order valence-electron chi connectivity index (χ3n) is 3.43. The first-order valence-corrected chi connectivity index (χ1v) is 7.22. The van der Waals surface area contributed by atoms with Crippen molar-refractivity contribution >= 4 is 16.5 Å². The topological polar surface area (TPSA) is 56.7 Å². The molecule has 0 spiro atoms. The minimum absolute atomic E-state index is 0.585. The van der Waals surface area contributed by atoms with Crippen LogP contribution in [0.1, 0.15) is 11.4 Å². The number of hydrogen-bond acceptors (Lipinski definition) is 4. The number of hydrogen-bond donors (Lipinski definition) is 1. The molecule has 0 radical (unpaired) electrons. The molecular formula is C15H16N4S. The van der Waals surface area contributed by atoms with Gasteiger partial charge in [0.15, 0.2) is 5.13 Å². The van der Waals surface area contributed by atoms with Crippen LogP contribution in [0.4, 0.5) is 5.13 Å². The first-order chi connectivity index (χ1) is 9.58. The lowest BCUT2D eigenvalue weighted by molar-refractivity contribution is 0.731. The van der Waals surface area contributed by atoms with Gasteiger partial charge in [0.05, 0.1) is 16.3 Å². The van der Waals surface area contributed by atoms with E-state index in [9.17, 15) is 0 Å². The van der Waals surface area contributed by atoms with E-state index >= 15 is 0 Å². The van der Waals surface area contributed by atoms with Crippen LogP contribution in [0, 0.1) is 13.8 Å². The molecule has 2 heterocycles. The summed E-state index contributed by atoms with van der Waals surface area (Å²) >= 11 is 1.52. The number of aryl methyl sites for hydroxylation is 2. The summed E-state index contributed by atoms with van der Waals surface area (Å²) in [5, 5.41) is 5.06. The smallest absolute Gasteiger partial charge is 0.181 e. The van der Waals surface area contributed by atoms with Crippen molar-refractivity contribution in [2.75, 3.05) is 5.73 Å². The molecule has 0 aliphatic carbocycles. The van der Waals surface area contributed by atoms with E-state index in [-0.39, 0.29) is 0 Å². The van der Waals surface area contributed by atoms with Crippen LogP contribution in [0.3, 0.4) is 0 Å². The number of thiazole rings is 1. The van der Waals surface area contributed by atoms with Gasteiger partial charge >= 0.3 is 0 Å². The zero-order chi connectivity index (χ0) is 14.3. The predicted octanol–water partition coefficient (Wildman–Crippen LogP) is 3.41. The molecule has 20 heavy (non-hydrogen) atoms. The van der Waals surface area contributed by atoms with Crippen molar-refractivity contribution in [3.05, 3.63) is 41.7 Å². The Hall–Kier alpha value is -2.14. The molecule has 0 aliphatic heterocycles. The second-order valence-electron chi connectivity index (χ2n) is 4.77. The molecule has 0 saturated heterocycles. The summed E-state index contributed by atoms with van der Waals surface area (Å²) in [7, 11) is 1.95. The van der Waals surface area contributed by atoms with Crippen LogP contribution in [-0.2, 0) is 7.05 Å². The van der Waals surface area contributed by atoms with Gasteiger partial charge < -0.3 is 5.73 Å². The monoisotopic (exact) mass is 284 g/mol. The van der Waals surface area contributed by atoms with Gasteiger partial charge in [0, 0.05) is 18.3 Å². The van der Waals surface area contributed by atoms with Crippen LogP contribution in [-0.4, -0.2) is 14.8 Å². The van der Waals surface area contributed by atoms with Gasteiger partial charge in [-0.1, -0.05) is 41.7 Å². The fourth-order valence-corrected chi connectivity index (χ4v) is 3.25. The van der Waals surface area contributed by atoms with Gasteiger partial charge in [-0.3, -0.25) is 4.68 Å². The Morgan fingerprint density at radius 2 is 1.85 bits per heavy atom. The molecule has 0 amide bonds. The molecule has 5 heteroatoms. The first-order valence-electron chi connectivity index (χ1n) is 6.40. The van der Waals surface area contributed by atoms with E-state index in [4.69, 9.17) is 5.73 Å². The lowest BCUT2D eigenvalue weighted by atomic mass is 10.1. The third kappa shape index (κ3) is 2.00.